The van der Waals surface area contributed by atoms with Gasteiger partial charge in [0.1, 0.15) is 18.4 Å². The van der Waals surface area contributed by atoms with Crippen LogP contribution in [0, 0.1) is 12.7 Å². The number of anilines is 1. The molecular formula is C29H32Cl2FN3O4S. The topological polar surface area (TPSA) is 86.8 Å². The van der Waals surface area contributed by atoms with Crippen LogP contribution in [0.3, 0.4) is 0 Å². The van der Waals surface area contributed by atoms with Crippen LogP contribution in [0.15, 0.2) is 71.6 Å². The maximum atomic E-state index is 15.0. The third-order valence-corrected chi connectivity index (χ3v) is 8.39. The molecule has 1 atom stereocenters. The van der Waals surface area contributed by atoms with Crippen molar-refractivity contribution in [1.29, 1.82) is 0 Å². The summed E-state index contributed by atoms with van der Waals surface area (Å²) in [7, 11) is -4.38. The summed E-state index contributed by atoms with van der Waals surface area (Å²) in [6, 6.07) is 15.0. The maximum absolute atomic E-state index is 15.0. The van der Waals surface area contributed by atoms with Crippen LogP contribution >= 0.6 is 23.2 Å². The summed E-state index contributed by atoms with van der Waals surface area (Å²) in [6.07, 6.45) is 0. The lowest BCUT2D eigenvalue weighted by atomic mass is 10.1. The largest absolute Gasteiger partial charge is 0.350 e. The lowest BCUT2D eigenvalue weighted by molar-refractivity contribution is -0.140. The molecule has 0 radical (unpaired) electrons. The summed E-state index contributed by atoms with van der Waals surface area (Å²) >= 11 is 12.4. The summed E-state index contributed by atoms with van der Waals surface area (Å²) in [5.41, 5.74) is 0.435. The van der Waals surface area contributed by atoms with E-state index in [0.29, 0.717) is 10.6 Å². The van der Waals surface area contributed by atoms with Crippen molar-refractivity contribution in [3.05, 3.63) is 93.7 Å². The highest BCUT2D eigenvalue weighted by atomic mass is 35.5. The number of aryl methyl sites for hydroxylation is 1. The molecule has 0 unspecified atom stereocenters. The number of sulfonamides is 1. The number of carbonyl (C=O) groups is 2. The number of benzene rings is 3. The molecule has 0 aliphatic rings. The predicted molar refractivity (Wildman–Crippen MR) is 156 cm³/mol. The normalized spacial score (nSPS) is 12.5. The Labute approximate surface area is 244 Å². The lowest BCUT2D eigenvalue weighted by Crippen LogP contribution is -2.54. The first-order valence-corrected chi connectivity index (χ1v) is 14.7. The number of nitrogens with one attached hydrogen (secondary N) is 1. The Morgan fingerprint density at radius 2 is 1.62 bits per heavy atom. The highest BCUT2D eigenvalue weighted by Gasteiger charge is 2.34. The standard InChI is InChI=1S/C29H32Cl2FN3O4S/c1-19-10-14-23(15-11-19)40(38,39)35(26-9-7-6-8-25(26)32)18-27(36)34(20(2)28(37)33-29(3,4)5)17-21-12-13-22(30)16-24(21)31/h6-16,20H,17-18H2,1-5H3,(H,33,37)/t20-/m0/s1. The Bertz CT molecular complexity index is 1490. The van der Waals surface area contributed by atoms with Gasteiger partial charge in [0.25, 0.3) is 10.0 Å². The van der Waals surface area contributed by atoms with Crippen LogP contribution in [0.2, 0.25) is 10.0 Å². The van der Waals surface area contributed by atoms with Crippen LogP contribution in [-0.2, 0) is 26.2 Å². The summed E-state index contributed by atoms with van der Waals surface area (Å²) in [5.74, 6) is -2.01. The molecule has 0 aliphatic carbocycles. The Balaban J connectivity index is 2.07. The average Bonchev–Trinajstić information content (AvgIpc) is 2.86. The molecule has 1 N–H and O–H groups in total. The maximum Gasteiger partial charge on any atom is 0.264 e. The molecule has 0 fully saturated rings. The van der Waals surface area contributed by atoms with E-state index in [1.807, 2.05) is 0 Å². The molecule has 3 aromatic carbocycles. The second-order valence-corrected chi connectivity index (χ2v) is 13.2. The van der Waals surface area contributed by atoms with E-state index in [4.69, 9.17) is 23.2 Å². The van der Waals surface area contributed by atoms with Crippen LogP contribution in [-0.4, -0.2) is 43.3 Å². The van der Waals surface area contributed by atoms with E-state index < -0.39 is 45.8 Å². The van der Waals surface area contributed by atoms with E-state index in [2.05, 4.69) is 5.32 Å². The molecule has 0 aliphatic heterocycles. The number of nitrogens with zero attached hydrogens (tertiary/aromatic N) is 2. The van der Waals surface area contributed by atoms with Gasteiger partial charge in [-0.15, -0.1) is 0 Å². The molecule has 11 heteroatoms. The third kappa shape index (κ3) is 7.74. The Morgan fingerprint density at radius 3 is 2.20 bits per heavy atom. The van der Waals surface area contributed by atoms with Crippen molar-refractivity contribution in [1.82, 2.24) is 10.2 Å². The molecule has 2 amide bonds. The number of rotatable bonds is 9. The molecule has 0 saturated heterocycles. The van der Waals surface area contributed by atoms with E-state index in [1.54, 1.807) is 52.0 Å². The van der Waals surface area contributed by atoms with Crippen LogP contribution in [0.25, 0.3) is 0 Å². The predicted octanol–water partition coefficient (Wildman–Crippen LogP) is 5.97. The fourth-order valence-electron chi connectivity index (χ4n) is 3.89. The number of carbonyl (C=O) groups excluding carboxylic acids is 2. The van der Waals surface area contributed by atoms with E-state index in [1.165, 1.54) is 48.2 Å². The monoisotopic (exact) mass is 607 g/mol. The van der Waals surface area contributed by atoms with Crippen molar-refractivity contribution in [2.45, 2.75) is 57.6 Å². The first-order chi connectivity index (χ1) is 18.6. The second kappa shape index (κ2) is 12.6. The van der Waals surface area contributed by atoms with E-state index in [0.717, 1.165) is 15.9 Å². The van der Waals surface area contributed by atoms with Crippen LogP contribution in [0.5, 0.6) is 0 Å². The SMILES string of the molecule is Cc1ccc(S(=O)(=O)N(CC(=O)N(Cc2ccc(Cl)cc2Cl)[C@@H](C)C(=O)NC(C)(C)C)c2ccccc2F)cc1. The molecule has 3 rings (SSSR count). The van der Waals surface area contributed by atoms with E-state index in [-0.39, 0.29) is 22.2 Å². The van der Waals surface area contributed by atoms with Crippen molar-refractivity contribution in [2.75, 3.05) is 10.8 Å². The van der Waals surface area contributed by atoms with Crippen molar-refractivity contribution in [3.63, 3.8) is 0 Å². The highest BCUT2D eigenvalue weighted by molar-refractivity contribution is 7.92. The minimum absolute atomic E-state index is 0.111. The number of para-hydroxylation sites is 1. The minimum Gasteiger partial charge on any atom is -0.350 e. The second-order valence-electron chi connectivity index (χ2n) is 10.4. The Hall–Kier alpha value is -3.14. The molecule has 0 aromatic heterocycles. The van der Waals surface area contributed by atoms with Gasteiger partial charge in [0, 0.05) is 22.1 Å². The number of amides is 2. The zero-order valence-electron chi connectivity index (χ0n) is 22.9. The van der Waals surface area contributed by atoms with Gasteiger partial charge in [0.05, 0.1) is 10.6 Å². The average molecular weight is 609 g/mol. The quantitative estimate of drug-likeness (QED) is 0.325. The molecule has 0 bridgehead atoms. The molecule has 3 aromatic rings. The highest BCUT2D eigenvalue weighted by Crippen LogP contribution is 2.28. The van der Waals surface area contributed by atoms with Gasteiger partial charge in [0.2, 0.25) is 11.8 Å². The zero-order valence-corrected chi connectivity index (χ0v) is 25.2. The van der Waals surface area contributed by atoms with Crippen molar-refractivity contribution in [2.24, 2.45) is 0 Å². The van der Waals surface area contributed by atoms with Crippen molar-refractivity contribution >= 4 is 50.7 Å². The summed E-state index contributed by atoms with van der Waals surface area (Å²) < 4.78 is 43.2. The van der Waals surface area contributed by atoms with Gasteiger partial charge in [-0.3, -0.25) is 13.9 Å². The summed E-state index contributed by atoms with van der Waals surface area (Å²) in [6.45, 7) is 7.84. The van der Waals surface area contributed by atoms with Gasteiger partial charge in [-0.2, -0.15) is 0 Å². The van der Waals surface area contributed by atoms with Crippen molar-refractivity contribution in [3.8, 4) is 0 Å². The van der Waals surface area contributed by atoms with Crippen LogP contribution in [0.4, 0.5) is 10.1 Å². The first-order valence-electron chi connectivity index (χ1n) is 12.5. The van der Waals surface area contributed by atoms with Crippen LogP contribution < -0.4 is 9.62 Å². The molecule has 0 heterocycles. The molecule has 0 saturated carbocycles. The Morgan fingerprint density at radius 1 is 1.00 bits per heavy atom. The number of hydrogen-bond acceptors (Lipinski definition) is 4. The van der Waals surface area contributed by atoms with Gasteiger partial charge in [0.15, 0.2) is 0 Å². The first kappa shape index (κ1) is 31.4. The lowest BCUT2D eigenvalue weighted by Gasteiger charge is -2.33. The molecule has 7 nitrogen and oxygen atoms in total. The summed E-state index contributed by atoms with van der Waals surface area (Å²) in [4.78, 5) is 28.2. The Kier molecular flexibility index (Phi) is 9.87. The van der Waals surface area contributed by atoms with Crippen LogP contribution in [0.1, 0.15) is 38.8 Å². The van der Waals surface area contributed by atoms with Gasteiger partial charge in [-0.05, 0) is 76.6 Å². The van der Waals surface area contributed by atoms with E-state index >= 15 is 0 Å². The number of hydrogen-bond donors (Lipinski definition) is 1. The molecule has 40 heavy (non-hydrogen) atoms. The molecule has 214 valence electrons. The fourth-order valence-corrected chi connectivity index (χ4v) is 5.79. The third-order valence-electron chi connectivity index (χ3n) is 6.03. The van der Waals surface area contributed by atoms with E-state index in [9.17, 15) is 22.4 Å². The van der Waals surface area contributed by atoms with Crippen molar-refractivity contribution < 1.29 is 22.4 Å². The fraction of sp³-hybridized carbons (Fsp3) is 0.310. The van der Waals surface area contributed by atoms with Gasteiger partial charge >= 0.3 is 0 Å². The number of halogens is 3. The van der Waals surface area contributed by atoms with Gasteiger partial charge < -0.3 is 10.2 Å². The van der Waals surface area contributed by atoms with Gasteiger partial charge in [-0.25, -0.2) is 12.8 Å². The summed E-state index contributed by atoms with van der Waals surface area (Å²) in [5, 5.41) is 3.50. The molecule has 0 spiro atoms. The molecular weight excluding hydrogens is 576 g/mol. The minimum atomic E-state index is -4.38. The van der Waals surface area contributed by atoms with Gasteiger partial charge in [-0.1, -0.05) is 59.1 Å². The smallest absolute Gasteiger partial charge is 0.264 e. The zero-order chi connectivity index (χ0) is 29.8.